The summed E-state index contributed by atoms with van der Waals surface area (Å²) in [7, 11) is 0. The van der Waals surface area contributed by atoms with Gasteiger partial charge in [-0.2, -0.15) is 11.8 Å². The van der Waals surface area contributed by atoms with Crippen LogP contribution in [0.4, 0.5) is 4.39 Å². The van der Waals surface area contributed by atoms with Gasteiger partial charge in [-0.3, -0.25) is 4.79 Å². The van der Waals surface area contributed by atoms with Gasteiger partial charge in [0.1, 0.15) is 11.6 Å². The number of hydrogen-bond donors (Lipinski definition) is 1. The van der Waals surface area contributed by atoms with E-state index >= 15 is 0 Å². The molecule has 1 aromatic rings. The lowest BCUT2D eigenvalue weighted by atomic mass is 10.1. The first-order chi connectivity index (χ1) is 7.24. The van der Waals surface area contributed by atoms with Crippen LogP contribution in [0.3, 0.4) is 0 Å². The third-order valence-electron chi connectivity index (χ3n) is 1.84. The molecule has 0 spiro atoms. The van der Waals surface area contributed by atoms with Crippen LogP contribution in [-0.4, -0.2) is 29.0 Å². The fourth-order valence-electron chi connectivity index (χ4n) is 1.16. The fourth-order valence-corrected chi connectivity index (χ4v) is 1.76. The Labute approximate surface area is 92.5 Å². The molecule has 0 radical (unpaired) electrons. The molecule has 0 heterocycles. The topological polar surface area (TPSA) is 37.3 Å². The van der Waals surface area contributed by atoms with Gasteiger partial charge in [0.05, 0.1) is 12.4 Å². The van der Waals surface area contributed by atoms with Crippen molar-refractivity contribution in [1.29, 1.82) is 0 Å². The van der Waals surface area contributed by atoms with Crippen LogP contribution in [0.1, 0.15) is 5.56 Å². The Balaban J connectivity index is 2.41. The first kappa shape index (κ1) is 12.2. The summed E-state index contributed by atoms with van der Waals surface area (Å²) in [4.78, 5) is 11.4. The van der Waals surface area contributed by atoms with E-state index in [0.717, 1.165) is 0 Å². The SMILES string of the molecule is O=C(CSCCO)Cc1ccccc1F. The van der Waals surface area contributed by atoms with E-state index in [1.54, 1.807) is 18.2 Å². The first-order valence-electron chi connectivity index (χ1n) is 4.67. The minimum atomic E-state index is -0.335. The Morgan fingerprint density at radius 1 is 1.40 bits per heavy atom. The molecule has 1 N–H and O–H groups in total. The summed E-state index contributed by atoms with van der Waals surface area (Å²) in [5.41, 5.74) is 0.437. The molecule has 0 saturated heterocycles. The molecule has 0 aliphatic carbocycles. The minimum Gasteiger partial charge on any atom is -0.396 e. The number of carbonyl (C=O) groups is 1. The van der Waals surface area contributed by atoms with Crippen molar-refractivity contribution in [2.75, 3.05) is 18.1 Å². The number of aliphatic hydroxyl groups is 1. The number of ketones is 1. The molecule has 1 rings (SSSR count). The normalized spacial score (nSPS) is 10.3. The summed E-state index contributed by atoms with van der Waals surface area (Å²) in [5, 5.41) is 8.52. The Hall–Kier alpha value is -0.870. The highest BCUT2D eigenvalue weighted by atomic mass is 32.2. The van der Waals surface area contributed by atoms with Crippen LogP contribution in [0.5, 0.6) is 0 Å². The van der Waals surface area contributed by atoms with Crippen LogP contribution >= 0.6 is 11.8 Å². The molecule has 82 valence electrons. The van der Waals surface area contributed by atoms with Crippen molar-refractivity contribution in [3.05, 3.63) is 35.6 Å². The van der Waals surface area contributed by atoms with Gasteiger partial charge < -0.3 is 5.11 Å². The van der Waals surface area contributed by atoms with Gasteiger partial charge >= 0.3 is 0 Å². The van der Waals surface area contributed by atoms with Gasteiger partial charge in [0, 0.05) is 12.2 Å². The van der Waals surface area contributed by atoms with Crippen LogP contribution in [0.15, 0.2) is 24.3 Å². The van der Waals surface area contributed by atoms with E-state index in [1.165, 1.54) is 17.8 Å². The maximum Gasteiger partial charge on any atom is 0.147 e. The molecule has 0 bridgehead atoms. The standard InChI is InChI=1S/C11H13FO2S/c12-11-4-2-1-3-9(11)7-10(14)8-15-6-5-13/h1-4,13H,5-8H2. The zero-order valence-electron chi connectivity index (χ0n) is 8.28. The first-order valence-corrected chi connectivity index (χ1v) is 5.83. The van der Waals surface area contributed by atoms with Crippen molar-refractivity contribution >= 4 is 17.5 Å². The number of thioether (sulfide) groups is 1. The Morgan fingerprint density at radius 2 is 2.13 bits per heavy atom. The summed E-state index contributed by atoms with van der Waals surface area (Å²) < 4.78 is 13.1. The van der Waals surface area contributed by atoms with Crippen LogP contribution in [-0.2, 0) is 11.2 Å². The number of rotatable bonds is 6. The third kappa shape index (κ3) is 4.44. The molecule has 0 aromatic heterocycles. The summed E-state index contributed by atoms with van der Waals surface area (Å²) in [6.45, 7) is 0.0671. The van der Waals surface area contributed by atoms with E-state index in [4.69, 9.17) is 5.11 Å². The van der Waals surface area contributed by atoms with Crippen LogP contribution < -0.4 is 0 Å². The Morgan fingerprint density at radius 3 is 2.80 bits per heavy atom. The predicted molar refractivity (Wildman–Crippen MR) is 59.5 cm³/mol. The Kier molecular flexibility index (Phi) is 5.36. The van der Waals surface area contributed by atoms with Gasteiger partial charge in [-0.25, -0.2) is 4.39 Å². The lowest BCUT2D eigenvalue weighted by Crippen LogP contribution is -2.08. The predicted octanol–water partition coefficient (Wildman–Crippen LogP) is 1.66. The lowest BCUT2D eigenvalue weighted by molar-refractivity contribution is -0.116. The highest BCUT2D eigenvalue weighted by molar-refractivity contribution is 7.99. The molecule has 4 heteroatoms. The third-order valence-corrected chi connectivity index (χ3v) is 2.84. The van der Waals surface area contributed by atoms with Gasteiger partial charge in [-0.1, -0.05) is 18.2 Å². The summed E-state index contributed by atoms with van der Waals surface area (Å²) in [6.07, 6.45) is 0.130. The smallest absolute Gasteiger partial charge is 0.147 e. The summed E-state index contributed by atoms with van der Waals surface area (Å²) in [5.74, 6) is 0.523. The number of Topliss-reactive ketones (excluding diaryl/α,β-unsaturated/α-hetero) is 1. The van der Waals surface area contributed by atoms with Crippen molar-refractivity contribution in [3.63, 3.8) is 0 Å². The van der Waals surface area contributed by atoms with E-state index in [9.17, 15) is 9.18 Å². The molecule has 0 amide bonds. The second-order valence-electron chi connectivity index (χ2n) is 3.08. The van der Waals surface area contributed by atoms with Gasteiger partial charge in [0.25, 0.3) is 0 Å². The molecule has 2 nitrogen and oxygen atoms in total. The van der Waals surface area contributed by atoms with Crippen molar-refractivity contribution in [2.45, 2.75) is 6.42 Å². The molecule has 0 aliphatic rings. The molecular formula is C11H13FO2S. The average Bonchev–Trinajstić information content (AvgIpc) is 2.22. The molecule has 0 saturated carbocycles. The zero-order valence-corrected chi connectivity index (χ0v) is 9.10. The largest absolute Gasteiger partial charge is 0.396 e. The van der Waals surface area contributed by atoms with E-state index < -0.39 is 0 Å². The average molecular weight is 228 g/mol. The Bertz CT molecular complexity index is 328. The number of hydrogen-bond acceptors (Lipinski definition) is 3. The molecule has 0 atom stereocenters. The highest BCUT2D eigenvalue weighted by Gasteiger charge is 2.07. The number of aliphatic hydroxyl groups excluding tert-OH is 1. The van der Waals surface area contributed by atoms with Crippen LogP contribution in [0.2, 0.25) is 0 Å². The van der Waals surface area contributed by atoms with Gasteiger partial charge in [-0.15, -0.1) is 0 Å². The highest BCUT2D eigenvalue weighted by Crippen LogP contribution is 2.09. The van der Waals surface area contributed by atoms with E-state index in [2.05, 4.69) is 0 Å². The number of carbonyl (C=O) groups excluding carboxylic acids is 1. The van der Waals surface area contributed by atoms with Crippen LogP contribution in [0.25, 0.3) is 0 Å². The quantitative estimate of drug-likeness (QED) is 0.752. The van der Waals surface area contributed by atoms with Crippen molar-refractivity contribution in [1.82, 2.24) is 0 Å². The maximum atomic E-state index is 13.1. The van der Waals surface area contributed by atoms with Crippen LogP contribution in [0, 0.1) is 5.82 Å². The van der Waals surface area contributed by atoms with Gasteiger partial charge in [0.2, 0.25) is 0 Å². The molecule has 0 unspecified atom stereocenters. The molecule has 15 heavy (non-hydrogen) atoms. The van der Waals surface area contributed by atoms with E-state index in [1.807, 2.05) is 0 Å². The second kappa shape index (κ2) is 6.58. The van der Waals surface area contributed by atoms with Gasteiger partial charge in [0.15, 0.2) is 0 Å². The van der Waals surface area contributed by atoms with E-state index in [-0.39, 0.29) is 24.6 Å². The van der Waals surface area contributed by atoms with Gasteiger partial charge in [-0.05, 0) is 11.6 Å². The number of benzene rings is 1. The second-order valence-corrected chi connectivity index (χ2v) is 4.19. The molecule has 0 fully saturated rings. The summed E-state index contributed by atoms with van der Waals surface area (Å²) in [6, 6.07) is 6.28. The van der Waals surface area contributed by atoms with Crippen molar-refractivity contribution < 1.29 is 14.3 Å². The fraction of sp³-hybridized carbons (Fsp3) is 0.364. The van der Waals surface area contributed by atoms with Crippen molar-refractivity contribution in [2.24, 2.45) is 0 Å². The van der Waals surface area contributed by atoms with Crippen molar-refractivity contribution in [3.8, 4) is 0 Å². The summed E-state index contributed by atoms with van der Waals surface area (Å²) >= 11 is 1.36. The number of halogens is 1. The molecule has 1 aromatic carbocycles. The lowest BCUT2D eigenvalue weighted by Gasteiger charge is -2.01. The van der Waals surface area contributed by atoms with E-state index in [0.29, 0.717) is 17.1 Å². The minimum absolute atomic E-state index is 0.0152. The molecular weight excluding hydrogens is 215 g/mol. The maximum absolute atomic E-state index is 13.1. The zero-order chi connectivity index (χ0) is 11.1. The monoisotopic (exact) mass is 228 g/mol. The molecule has 0 aliphatic heterocycles.